The summed E-state index contributed by atoms with van der Waals surface area (Å²) in [5.41, 5.74) is 4.12. The van der Waals surface area contributed by atoms with Crippen molar-refractivity contribution in [1.29, 1.82) is 0 Å². The minimum absolute atomic E-state index is 1.03. The van der Waals surface area contributed by atoms with Crippen LogP contribution in [0.25, 0.3) is 10.9 Å². The largest absolute Gasteiger partial charge is 0.256 e. The van der Waals surface area contributed by atoms with Crippen LogP contribution in [0.2, 0.25) is 0 Å². The first kappa shape index (κ1) is 15.7. The van der Waals surface area contributed by atoms with E-state index >= 15 is 0 Å². The Kier molecular flexibility index (Phi) is 5.27. The van der Waals surface area contributed by atoms with Crippen molar-refractivity contribution in [2.24, 2.45) is 0 Å². The first-order valence-corrected chi connectivity index (χ1v) is 9.10. The van der Waals surface area contributed by atoms with Gasteiger partial charge in [0.25, 0.3) is 0 Å². The molecule has 0 saturated carbocycles. The number of fused-ring (bicyclic) bond motifs is 2. The summed E-state index contributed by atoms with van der Waals surface area (Å²) in [7, 11) is 0. The molecule has 3 aromatic rings. The fourth-order valence-corrected chi connectivity index (χ4v) is 3.89. The molecule has 0 unspecified atom stereocenters. The number of halogens is 2. The highest BCUT2D eigenvalue weighted by Crippen LogP contribution is 2.27. The molecule has 1 aromatic heterocycles. The highest BCUT2D eigenvalue weighted by molar-refractivity contribution is 9.11. The first-order valence-electron chi connectivity index (χ1n) is 7.51. The van der Waals surface area contributed by atoms with Gasteiger partial charge in [-0.25, -0.2) is 0 Å². The Morgan fingerprint density at radius 2 is 1.55 bits per heavy atom. The number of rotatable bonds is 0. The summed E-state index contributed by atoms with van der Waals surface area (Å²) in [6.07, 6.45) is 7.05. The van der Waals surface area contributed by atoms with Crippen LogP contribution in [0.15, 0.2) is 63.7 Å². The lowest BCUT2D eigenvalue weighted by Crippen LogP contribution is -2.02. The van der Waals surface area contributed by atoms with Gasteiger partial charge in [-0.3, -0.25) is 4.98 Å². The lowest BCUT2D eigenvalue weighted by Gasteiger charge is -2.16. The molecule has 0 bridgehead atoms. The van der Waals surface area contributed by atoms with Gasteiger partial charge < -0.3 is 0 Å². The van der Waals surface area contributed by atoms with E-state index in [1.165, 1.54) is 30.2 Å². The minimum atomic E-state index is 1.03. The standard InChI is InChI=1S/C10H11Br.C9H6BrN/c11-10-7-3-5-8-4-1-2-6-9(8)10;10-8-4-1-5-9-7(8)3-2-6-11-9/h3,5,7H,1-2,4,6H2;1-6H. The van der Waals surface area contributed by atoms with E-state index in [0.717, 1.165) is 15.4 Å². The Hall–Kier alpha value is -1.19. The molecule has 1 heterocycles. The number of hydrogen-bond acceptors (Lipinski definition) is 1. The number of aromatic nitrogens is 1. The van der Waals surface area contributed by atoms with E-state index in [4.69, 9.17) is 0 Å². The molecule has 0 fully saturated rings. The van der Waals surface area contributed by atoms with E-state index in [-0.39, 0.29) is 0 Å². The van der Waals surface area contributed by atoms with E-state index < -0.39 is 0 Å². The third-order valence-corrected chi connectivity index (χ3v) is 5.37. The second-order valence-electron chi connectivity index (χ2n) is 5.39. The quantitative estimate of drug-likeness (QED) is 0.415. The fourth-order valence-electron chi connectivity index (χ4n) is 2.80. The van der Waals surface area contributed by atoms with Crippen LogP contribution in [-0.4, -0.2) is 4.98 Å². The summed E-state index contributed by atoms with van der Waals surface area (Å²) >= 11 is 7.04. The van der Waals surface area contributed by atoms with Crippen molar-refractivity contribution in [3.63, 3.8) is 0 Å². The number of hydrogen-bond donors (Lipinski definition) is 0. The molecule has 0 radical (unpaired) electrons. The van der Waals surface area contributed by atoms with E-state index in [0.29, 0.717) is 0 Å². The SMILES string of the molecule is Brc1cccc2c1CCCC2.Brc1cccc2ncccc12. The van der Waals surface area contributed by atoms with Gasteiger partial charge in [-0.15, -0.1) is 0 Å². The predicted molar refractivity (Wildman–Crippen MR) is 100 cm³/mol. The van der Waals surface area contributed by atoms with Crippen molar-refractivity contribution < 1.29 is 0 Å². The van der Waals surface area contributed by atoms with Crippen molar-refractivity contribution in [3.8, 4) is 0 Å². The van der Waals surface area contributed by atoms with Crippen LogP contribution in [0, 0.1) is 0 Å². The number of benzene rings is 2. The van der Waals surface area contributed by atoms with Crippen molar-refractivity contribution in [2.75, 3.05) is 0 Å². The number of aryl methyl sites for hydroxylation is 1. The summed E-state index contributed by atoms with van der Waals surface area (Å²) in [6, 6.07) is 16.5. The summed E-state index contributed by atoms with van der Waals surface area (Å²) in [5, 5.41) is 1.16. The summed E-state index contributed by atoms with van der Waals surface area (Å²) in [4.78, 5) is 4.21. The van der Waals surface area contributed by atoms with Gasteiger partial charge in [-0.05, 0) is 61.1 Å². The average molecular weight is 419 g/mol. The highest BCUT2D eigenvalue weighted by atomic mass is 79.9. The van der Waals surface area contributed by atoms with Crippen LogP contribution < -0.4 is 0 Å². The van der Waals surface area contributed by atoms with Crippen molar-refractivity contribution >= 4 is 42.8 Å². The average Bonchev–Trinajstić information content (AvgIpc) is 2.57. The highest BCUT2D eigenvalue weighted by Gasteiger charge is 2.10. The minimum Gasteiger partial charge on any atom is -0.256 e. The molecule has 0 aliphatic heterocycles. The maximum atomic E-state index is 4.21. The van der Waals surface area contributed by atoms with Crippen LogP contribution in [0.5, 0.6) is 0 Å². The van der Waals surface area contributed by atoms with Gasteiger partial charge >= 0.3 is 0 Å². The maximum absolute atomic E-state index is 4.21. The molecule has 1 aliphatic carbocycles. The molecule has 1 nitrogen and oxygen atoms in total. The normalized spacial score (nSPS) is 13.2. The van der Waals surface area contributed by atoms with Crippen molar-refractivity contribution in [1.82, 2.24) is 4.98 Å². The first-order chi connectivity index (χ1) is 10.8. The summed E-state index contributed by atoms with van der Waals surface area (Å²) in [6.45, 7) is 0. The second-order valence-corrected chi connectivity index (χ2v) is 7.10. The Balaban J connectivity index is 0.000000131. The van der Waals surface area contributed by atoms with Gasteiger partial charge in [-0.1, -0.05) is 56.1 Å². The molecule has 4 rings (SSSR count). The van der Waals surface area contributed by atoms with Gasteiger partial charge in [0.1, 0.15) is 0 Å². The van der Waals surface area contributed by atoms with E-state index in [1.54, 1.807) is 17.3 Å². The van der Waals surface area contributed by atoms with Crippen LogP contribution in [0.3, 0.4) is 0 Å². The zero-order valence-electron chi connectivity index (χ0n) is 12.2. The number of nitrogens with zero attached hydrogens (tertiary/aromatic N) is 1. The van der Waals surface area contributed by atoms with Gasteiger partial charge in [0.05, 0.1) is 5.52 Å². The monoisotopic (exact) mass is 417 g/mol. The smallest absolute Gasteiger partial charge is 0.0713 e. The van der Waals surface area contributed by atoms with E-state index in [1.807, 2.05) is 30.3 Å². The van der Waals surface area contributed by atoms with Crippen LogP contribution in [-0.2, 0) is 12.8 Å². The summed E-state index contributed by atoms with van der Waals surface area (Å²) in [5.74, 6) is 0. The lowest BCUT2D eigenvalue weighted by molar-refractivity contribution is 0.683. The zero-order valence-corrected chi connectivity index (χ0v) is 15.4. The molecule has 22 heavy (non-hydrogen) atoms. The Labute approximate surface area is 148 Å². The summed E-state index contributed by atoms with van der Waals surface area (Å²) < 4.78 is 2.40. The predicted octanol–water partition coefficient (Wildman–Crippen LogP) is 6.33. The molecule has 0 N–H and O–H groups in total. The topological polar surface area (TPSA) is 12.9 Å². The molecule has 0 saturated heterocycles. The molecule has 0 atom stereocenters. The van der Waals surface area contributed by atoms with Crippen LogP contribution >= 0.6 is 31.9 Å². The third kappa shape index (κ3) is 3.58. The molecule has 3 heteroatoms. The molecular formula is C19H17Br2N. The zero-order chi connectivity index (χ0) is 15.4. The second kappa shape index (κ2) is 7.38. The Bertz CT molecular complexity index is 778. The Morgan fingerprint density at radius 1 is 0.773 bits per heavy atom. The fraction of sp³-hybridized carbons (Fsp3) is 0.211. The molecule has 2 aromatic carbocycles. The van der Waals surface area contributed by atoms with Crippen LogP contribution in [0.4, 0.5) is 0 Å². The Morgan fingerprint density at radius 3 is 2.36 bits per heavy atom. The van der Waals surface area contributed by atoms with Crippen molar-refractivity contribution in [2.45, 2.75) is 25.7 Å². The maximum Gasteiger partial charge on any atom is 0.0713 e. The number of pyridine rings is 1. The lowest BCUT2D eigenvalue weighted by atomic mass is 9.92. The van der Waals surface area contributed by atoms with E-state index in [9.17, 15) is 0 Å². The van der Waals surface area contributed by atoms with Gasteiger partial charge in [0, 0.05) is 20.5 Å². The van der Waals surface area contributed by atoms with E-state index in [2.05, 4.69) is 55.0 Å². The molecular weight excluding hydrogens is 402 g/mol. The molecule has 1 aliphatic rings. The third-order valence-electron chi connectivity index (χ3n) is 3.93. The van der Waals surface area contributed by atoms with Gasteiger partial charge in [0.15, 0.2) is 0 Å². The molecule has 0 amide bonds. The van der Waals surface area contributed by atoms with Gasteiger partial charge in [-0.2, -0.15) is 0 Å². The molecule has 0 spiro atoms. The molecule has 112 valence electrons. The van der Waals surface area contributed by atoms with Crippen LogP contribution in [0.1, 0.15) is 24.0 Å². The van der Waals surface area contributed by atoms with Crippen molar-refractivity contribution in [3.05, 3.63) is 74.8 Å². The van der Waals surface area contributed by atoms with Gasteiger partial charge in [0.2, 0.25) is 0 Å².